The molecule has 0 spiro atoms. The van der Waals surface area contributed by atoms with E-state index in [-0.39, 0.29) is 16.4 Å². The Kier molecular flexibility index (Phi) is 10.9. The highest BCUT2D eigenvalue weighted by Crippen LogP contribution is 2.32. The first-order valence-electron chi connectivity index (χ1n) is 11.5. The molecule has 0 atom stereocenters. The molecule has 0 aromatic heterocycles. The number of unbranched alkanes of at least 4 members (excludes halogenated alkanes) is 10. The summed E-state index contributed by atoms with van der Waals surface area (Å²) < 4.78 is 37.9. The van der Waals surface area contributed by atoms with Gasteiger partial charge in [-0.15, -0.1) is 0 Å². The Balaban J connectivity index is 1.73. The van der Waals surface area contributed by atoms with Crippen molar-refractivity contribution in [1.82, 2.24) is 0 Å². The molecule has 172 valence electrons. The number of phenols is 1. The number of benzene rings is 2. The summed E-state index contributed by atoms with van der Waals surface area (Å²) in [5, 5.41) is 10.3. The summed E-state index contributed by atoms with van der Waals surface area (Å²) in [5.74, 6) is 0.465. The van der Waals surface area contributed by atoms with E-state index in [4.69, 9.17) is 4.74 Å². The molecule has 0 unspecified atom stereocenters. The lowest BCUT2D eigenvalue weighted by Crippen LogP contribution is -2.00. The van der Waals surface area contributed by atoms with Crippen molar-refractivity contribution >= 4 is 10.1 Å². The van der Waals surface area contributed by atoms with Crippen molar-refractivity contribution in [2.24, 2.45) is 0 Å². The molecule has 0 aliphatic carbocycles. The molecule has 0 heterocycles. The maximum Gasteiger partial charge on any atom is 0.298 e. The monoisotopic (exact) mass is 448 g/mol. The van der Waals surface area contributed by atoms with Gasteiger partial charge >= 0.3 is 0 Å². The van der Waals surface area contributed by atoms with E-state index >= 15 is 0 Å². The quantitative estimate of drug-likeness (QED) is 0.221. The summed E-state index contributed by atoms with van der Waals surface area (Å²) in [4.78, 5) is -0.306. The van der Waals surface area contributed by atoms with Crippen molar-refractivity contribution in [1.29, 1.82) is 0 Å². The van der Waals surface area contributed by atoms with E-state index in [1.165, 1.54) is 82.1 Å². The van der Waals surface area contributed by atoms with Crippen LogP contribution in [0.25, 0.3) is 0 Å². The number of phenolic OH excluding ortho intramolecular Hbond substituents is 1. The van der Waals surface area contributed by atoms with Gasteiger partial charge in [-0.25, -0.2) is 0 Å². The Hall–Kier alpha value is -2.05. The van der Waals surface area contributed by atoms with Gasteiger partial charge in [0.1, 0.15) is 22.1 Å². The number of aromatic hydroxyl groups is 1. The fraction of sp³-hybridized carbons (Fsp3) is 0.520. The van der Waals surface area contributed by atoms with Gasteiger partial charge in [0.15, 0.2) is 0 Å². The summed E-state index contributed by atoms with van der Waals surface area (Å²) in [6, 6.07) is 10.8. The molecule has 6 heteroatoms. The van der Waals surface area contributed by atoms with Crippen molar-refractivity contribution in [2.75, 3.05) is 0 Å². The van der Waals surface area contributed by atoms with Crippen LogP contribution in [0, 0.1) is 0 Å². The molecule has 0 saturated heterocycles. The fourth-order valence-electron chi connectivity index (χ4n) is 3.67. The van der Waals surface area contributed by atoms with E-state index in [1.807, 2.05) is 0 Å². The van der Waals surface area contributed by atoms with Gasteiger partial charge < -0.3 is 9.84 Å². The predicted molar refractivity (Wildman–Crippen MR) is 125 cm³/mol. The number of rotatable bonds is 15. The molecule has 0 bridgehead atoms. The van der Waals surface area contributed by atoms with Gasteiger partial charge in [0.2, 0.25) is 0 Å². The fourth-order valence-corrected chi connectivity index (χ4v) is 4.29. The highest BCUT2D eigenvalue weighted by Gasteiger charge is 2.16. The molecule has 0 radical (unpaired) electrons. The van der Waals surface area contributed by atoms with E-state index in [0.29, 0.717) is 5.75 Å². The lowest BCUT2D eigenvalue weighted by atomic mass is 10.0. The zero-order valence-corrected chi connectivity index (χ0v) is 19.4. The van der Waals surface area contributed by atoms with Crippen LogP contribution in [-0.2, 0) is 16.5 Å². The number of ether oxygens (including phenoxy) is 1. The zero-order chi connectivity index (χ0) is 22.5. The zero-order valence-electron chi connectivity index (χ0n) is 18.6. The van der Waals surface area contributed by atoms with E-state index in [0.717, 1.165) is 24.8 Å². The van der Waals surface area contributed by atoms with E-state index in [1.54, 1.807) is 18.2 Å². The van der Waals surface area contributed by atoms with Crippen LogP contribution in [0.3, 0.4) is 0 Å². The van der Waals surface area contributed by atoms with Gasteiger partial charge in [0, 0.05) is 6.07 Å². The standard InChI is InChI=1S/C25H36O5S/c1-2-3-4-5-6-7-8-9-10-11-12-15-21-18-19-22(20-23(21)26)30-24-16-13-14-17-25(24)31(27,28)29/h13-14,16-20,26H,2-12,15H2,1H3,(H,27,28,29). The normalized spacial score (nSPS) is 11.5. The highest BCUT2D eigenvalue weighted by atomic mass is 32.2. The minimum Gasteiger partial charge on any atom is -0.508 e. The Morgan fingerprint density at radius 1 is 0.806 bits per heavy atom. The Morgan fingerprint density at radius 3 is 1.97 bits per heavy atom. The molecule has 31 heavy (non-hydrogen) atoms. The summed E-state index contributed by atoms with van der Waals surface area (Å²) in [6.07, 6.45) is 14.9. The summed E-state index contributed by atoms with van der Waals surface area (Å²) >= 11 is 0. The molecule has 0 fully saturated rings. The lowest BCUT2D eigenvalue weighted by molar-refractivity contribution is 0.437. The Morgan fingerprint density at radius 2 is 1.39 bits per heavy atom. The smallest absolute Gasteiger partial charge is 0.298 e. The molecule has 0 amide bonds. The second-order valence-corrected chi connectivity index (χ2v) is 9.49. The van der Waals surface area contributed by atoms with Crippen molar-refractivity contribution < 1.29 is 22.8 Å². The predicted octanol–water partition coefficient (Wildman–Crippen LogP) is 7.28. The van der Waals surface area contributed by atoms with Gasteiger partial charge in [0.05, 0.1) is 0 Å². The molecule has 0 saturated carbocycles. The molecular weight excluding hydrogens is 412 g/mol. The third-order valence-corrected chi connectivity index (χ3v) is 6.35. The van der Waals surface area contributed by atoms with Gasteiger partial charge in [-0.1, -0.05) is 89.3 Å². The second kappa shape index (κ2) is 13.4. The van der Waals surface area contributed by atoms with Crippen LogP contribution in [0.2, 0.25) is 0 Å². The summed E-state index contributed by atoms with van der Waals surface area (Å²) in [6.45, 7) is 2.24. The van der Waals surface area contributed by atoms with Crippen LogP contribution in [0.1, 0.15) is 83.1 Å². The maximum absolute atomic E-state index is 11.5. The average Bonchev–Trinajstić information content (AvgIpc) is 2.73. The van der Waals surface area contributed by atoms with Crippen LogP contribution < -0.4 is 4.74 Å². The van der Waals surface area contributed by atoms with E-state index in [2.05, 4.69) is 6.92 Å². The SMILES string of the molecule is CCCCCCCCCCCCCc1ccc(Oc2ccccc2S(=O)(=O)O)cc1O. The molecule has 2 rings (SSSR count). The largest absolute Gasteiger partial charge is 0.508 e. The van der Waals surface area contributed by atoms with Gasteiger partial charge in [0.25, 0.3) is 10.1 Å². The van der Waals surface area contributed by atoms with E-state index < -0.39 is 10.1 Å². The van der Waals surface area contributed by atoms with Gasteiger partial charge in [-0.05, 0) is 36.6 Å². The van der Waals surface area contributed by atoms with Crippen molar-refractivity contribution in [3.05, 3.63) is 48.0 Å². The highest BCUT2D eigenvalue weighted by molar-refractivity contribution is 7.86. The number of para-hydroxylation sites is 1. The first-order chi connectivity index (χ1) is 14.9. The number of hydrogen-bond acceptors (Lipinski definition) is 4. The molecule has 2 N–H and O–H groups in total. The first kappa shape index (κ1) is 25.2. The third kappa shape index (κ3) is 9.32. The number of hydrogen-bond donors (Lipinski definition) is 2. The third-order valence-electron chi connectivity index (χ3n) is 5.46. The minimum atomic E-state index is -4.39. The topological polar surface area (TPSA) is 83.8 Å². The van der Waals surface area contributed by atoms with Crippen LogP contribution in [0.15, 0.2) is 47.4 Å². The molecule has 2 aromatic carbocycles. The summed E-state index contributed by atoms with van der Waals surface area (Å²) in [5.41, 5.74) is 0.853. The van der Waals surface area contributed by atoms with Crippen molar-refractivity contribution in [3.63, 3.8) is 0 Å². The lowest BCUT2D eigenvalue weighted by Gasteiger charge is -2.11. The average molecular weight is 449 g/mol. The Bertz CT molecular complexity index is 893. The van der Waals surface area contributed by atoms with Crippen molar-refractivity contribution in [3.8, 4) is 17.2 Å². The van der Waals surface area contributed by atoms with Crippen LogP contribution in [0.5, 0.6) is 17.2 Å². The van der Waals surface area contributed by atoms with Gasteiger partial charge in [-0.3, -0.25) is 4.55 Å². The van der Waals surface area contributed by atoms with E-state index in [9.17, 15) is 18.1 Å². The first-order valence-corrected chi connectivity index (χ1v) is 12.9. The Labute approximate surface area is 187 Å². The van der Waals surface area contributed by atoms with Crippen LogP contribution in [0.4, 0.5) is 0 Å². The summed E-state index contributed by atoms with van der Waals surface area (Å²) in [7, 11) is -4.39. The van der Waals surface area contributed by atoms with Crippen molar-refractivity contribution in [2.45, 2.75) is 88.9 Å². The minimum absolute atomic E-state index is 0.0162. The van der Waals surface area contributed by atoms with Crippen LogP contribution in [-0.4, -0.2) is 18.1 Å². The van der Waals surface area contributed by atoms with Gasteiger partial charge in [-0.2, -0.15) is 8.42 Å². The second-order valence-electron chi connectivity index (χ2n) is 8.10. The molecule has 0 aliphatic heterocycles. The number of aryl methyl sites for hydroxylation is 1. The molecule has 2 aromatic rings. The van der Waals surface area contributed by atoms with Crippen LogP contribution >= 0.6 is 0 Å². The maximum atomic E-state index is 11.5. The molecular formula is C25H36O5S. The molecule has 0 aliphatic rings. The molecule has 5 nitrogen and oxygen atoms in total.